The fraction of sp³-hybridized carbons (Fsp3) is 0.214. The third-order valence-electron chi connectivity index (χ3n) is 2.92. The van der Waals surface area contributed by atoms with Crippen LogP contribution in [0.5, 0.6) is 0 Å². The summed E-state index contributed by atoms with van der Waals surface area (Å²) in [6, 6.07) is 9.02. The standard InChI is InChI=1S/C14H14N4O5/c19-11-7-17(8-12(20)21)14(18(11)9-13(22)23)16-15-6-10-4-2-1-3-5-10/h1-6H,7-9H2,(H,20,21)(H,22,23)/b15-6+,16-14-. The van der Waals surface area contributed by atoms with Crippen molar-refractivity contribution in [2.45, 2.75) is 0 Å². The molecule has 9 nitrogen and oxygen atoms in total. The van der Waals surface area contributed by atoms with Crippen LogP contribution in [0, 0.1) is 0 Å². The highest BCUT2D eigenvalue weighted by Gasteiger charge is 2.36. The molecule has 1 aromatic carbocycles. The van der Waals surface area contributed by atoms with Crippen molar-refractivity contribution < 1.29 is 24.6 Å². The normalized spacial score (nSPS) is 16.5. The van der Waals surface area contributed by atoms with E-state index in [9.17, 15) is 14.4 Å². The average Bonchev–Trinajstić information content (AvgIpc) is 2.75. The number of aliphatic carboxylic acids is 2. The maximum absolute atomic E-state index is 11.8. The summed E-state index contributed by atoms with van der Waals surface area (Å²) in [5, 5.41) is 25.4. The second kappa shape index (κ2) is 7.16. The molecule has 0 unspecified atom stereocenters. The molecule has 0 bridgehead atoms. The van der Waals surface area contributed by atoms with Gasteiger partial charge in [0.2, 0.25) is 11.9 Å². The molecule has 1 fully saturated rings. The van der Waals surface area contributed by atoms with E-state index in [-0.39, 0.29) is 12.5 Å². The summed E-state index contributed by atoms with van der Waals surface area (Å²) < 4.78 is 0. The molecule has 0 atom stereocenters. The Labute approximate surface area is 131 Å². The Hall–Kier alpha value is -3.23. The minimum Gasteiger partial charge on any atom is -0.480 e. The third-order valence-corrected chi connectivity index (χ3v) is 2.92. The zero-order valence-corrected chi connectivity index (χ0v) is 12.0. The summed E-state index contributed by atoms with van der Waals surface area (Å²) in [5.41, 5.74) is 0.760. The van der Waals surface area contributed by atoms with Gasteiger partial charge in [-0.3, -0.25) is 19.3 Å². The summed E-state index contributed by atoms with van der Waals surface area (Å²) >= 11 is 0. The fourth-order valence-corrected chi connectivity index (χ4v) is 1.99. The lowest BCUT2D eigenvalue weighted by atomic mass is 10.2. The number of hydrogen-bond donors (Lipinski definition) is 2. The second-order valence-electron chi connectivity index (χ2n) is 4.68. The van der Waals surface area contributed by atoms with E-state index < -0.39 is 30.9 Å². The Morgan fingerprint density at radius 2 is 1.78 bits per heavy atom. The van der Waals surface area contributed by atoms with Crippen LogP contribution in [0.4, 0.5) is 0 Å². The van der Waals surface area contributed by atoms with Gasteiger partial charge in [-0.2, -0.15) is 5.10 Å². The van der Waals surface area contributed by atoms with Gasteiger partial charge in [-0.25, -0.2) is 0 Å². The number of guanidine groups is 1. The van der Waals surface area contributed by atoms with E-state index >= 15 is 0 Å². The Balaban J connectivity index is 2.24. The third kappa shape index (κ3) is 4.37. The maximum atomic E-state index is 11.8. The molecule has 1 aliphatic rings. The van der Waals surface area contributed by atoms with Gasteiger partial charge >= 0.3 is 11.9 Å². The summed E-state index contributed by atoms with van der Waals surface area (Å²) in [6.07, 6.45) is 1.42. The molecule has 23 heavy (non-hydrogen) atoms. The lowest BCUT2D eigenvalue weighted by Gasteiger charge is -2.17. The topological polar surface area (TPSA) is 123 Å². The van der Waals surface area contributed by atoms with E-state index in [0.717, 1.165) is 15.4 Å². The molecule has 0 aromatic heterocycles. The summed E-state index contributed by atoms with van der Waals surface area (Å²) in [7, 11) is 0. The van der Waals surface area contributed by atoms with Crippen molar-refractivity contribution in [2.75, 3.05) is 19.6 Å². The molecular formula is C14H14N4O5. The number of carbonyl (C=O) groups excluding carboxylic acids is 1. The first-order valence-electron chi connectivity index (χ1n) is 6.62. The monoisotopic (exact) mass is 318 g/mol. The number of carbonyl (C=O) groups is 3. The van der Waals surface area contributed by atoms with E-state index in [1.165, 1.54) is 6.21 Å². The first-order chi connectivity index (χ1) is 11.0. The van der Waals surface area contributed by atoms with Gasteiger partial charge < -0.3 is 15.1 Å². The molecule has 0 saturated carbocycles. The van der Waals surface area contributed by atoms with E-state index in [2.05, 4.69) is 10.2 Å². The quantitative estimate of drug-likeness (QED) is 0.548. The van der Waals surface area contributed by atoms with Crippen molar-refractivity contribution in [3.8, 4) is 0 Å². The van der Waals surface area contributed by atoms with Crippen LogP contribution >= 0.6 is 0 Å². The largest absolute Gasteiger partial charge is 0.480 e. The summed E-state index contributed by atoms with van der Waals surface area (Å²) in [4.78, 5) is 35.6. The van der Waals surface area contributed by atoms with Crippen LogP contribution in [0.2, 0.25) is 0 Å². The highest BCUT2D eigenvalue weighted by Crippen LogP contribution is 2.10. The van der Waals surface area contributed by atoms with Crippen LogP contribution in [0.1, 0.15) is 5.56 Å². The highest BCUT2D eigenvalue weighted by atomic mass is 16.4. The molecule has 1 amide bonds. The van der Waals surface area contributed by atoms with Crippen molar-refractivity contribution in [1.82, 2.24) is 9.80 Å². The fourth-order valence-electron chi connectivity index (χ4n) is 1.99. The molecule has 2 rings (SSSR count). The number of rotatable bonds is 6. The van der Waals surface area contributed by atoms with E-state index in [1.807, 2.05) is 6.07 Å². The van der Waals surface area contributed by atoms with E-state index in [1.54, 1.807) is 24.3 Å². The number of carboxylic acid groups (broad SMARTS) is 2. The zero-order valence-electron chi connectivity index (χ0n) is 12.0. The van der Waals surface area contributed by atoms with E-state index in [4.69, 9.17) is 10.2 Å². The molecule has 9 heteroatoms. The van der Waals surface area contributed by atoms with Gasteiger partial charge in [0.05, 0.1) is 6.21 Å². The zero-order chi connectivity index (χ0) is 16.8. The number of carboxylic acids is 2. The van der Waals surface area contributed by atoms with Crippen LogP contribution in [0.15, 0.2) is 40.5 Å². The van der Waals surface area contributed by atoms with Gasteiger partial charge in [-0.15, -0.1) is 5.10 Å². The minimum atomic E-state index is -1.23. The molecule has 1 aliphatic heterocycles. The molecular weight excluding hydrogens is 304 g/mol. The molecule has 1 aromatic rings. The predicted octanol–water partition coefficient (Wildman–Crippen LogP) is -0.310. The van der Waals surface area contributed by atoms with Crippen molar-refractivity contribution >= 4 is 30.0 Å². The molecule has 0 aliphatic carbocycles. The second-order valence-corrected chi connectivity index (χ2v) is 4.68. The van der Waals surface area contributed by atoms with Crippen LogP contribution in [-0.4, -0.2) is 69.7 Å². The van der Waals surface area contributed by atoms with Crippen LogP contribution in [0.25, 0.3) is 0 Å². The average molecular weight is 318 g/mol. The van der Waals surface area contributed by atoms with Gasteiger partial charge in [-0.05, 0) is 5.56 Å². The van der Waals surface area contributed by atoms with E-state index in [0.29, 0.717) is 0 Å². The number of amides is 1. The smallest absolute Gasteiger partial charge is 0.323 e. The van der Waals surface area contributed by atoms with Crippen molar-refractivity contribution in [3.63, 3.8) is 0 Å². The molecule has 1 saturated heterocycles. The van der Waals surface area contributed by atoms with Gasteiger partial charge in [0.15, 0.2) is 0 Å². The Bertz CT molecular complexity index is 671. The van der Waals surface area contributed by atoms with Crippen LogP contribution in [0.3, 0.4) is 0 Å². The maximum Gasteiger partial charge on any atom is 0.323 e. The molecule has 120 valence electrons. The van der Waals surface area contributed by atoms with Gasteiger partial charge in [0.1, 0.15) is 19.6 Å². The molecule has 0 spiro atoms. The van der Waals surface area contributed by atoms with Crippen LogP contribution < -0.4 is 0 Å². The minimum absolute atomic E-state index is 0.0908. The summed E-state index contributed by atoms with van der Waals surface area (Å²) in [5.74, 6) is -3.01. The lowest BCUT2D eigenvalue weighted by molar-refractivity contribution is -0.141. The molecule has 1 heterocycles. The molecule has 2 N–H and O–H groups in total. The Kier molecular flexibility index (Phi) is 5.03. The Morgan fingerprint density at radius 1 is 1.13 bits per heavy atom. The highest BCUT2D eigenvalue weighted by molar-refractivity contribution is 6.07. The first-order valence-corrected chi connectivity index (χ1v) is 6.62. The SMILES string of the molecule is O=C(O)CN1CC(=O)N(CC(=O)O)/C1=N\N=C\c1ccccc1. The lowest BCUT2D eigenvalue weighted by Crippen LogP contribution is -2.39. The Morgan fingerprint density at radius 3 is 2.39 bits per heavy atom. The summed E-state index contributed by atoms with van der Waals surface area (Å²) in [6.45, 7) is -1.32. The number of hydrogen-bond acceptors (Lipinski definition) is 5. The van der Waals surface area contributed by atoms with Gasteiger partial charge in [-0.1, -0.05) is 30.3 Å². The van der Waals surface area contributed by atoms with Gasteiger partial charge in [0.25, 0.3) is 0 Å². The van der Waals surface area contributed by atoms with Crippen LogP contribution in [-0.2, 0) is 14.4 Å². The first kappa shape index (κ1) is 16.1. The number of benzene rings is 1. The number of nitrogens with zero attached hydrogens (tertiary/aromatic N) is 4. The van der Waals surface area contributed by atoms with Crippen molar-refractivity contribution in [2.24, 2.45) is 10.2 Å². The predicted molar refractivity (Wildman–Crippen MR) is 80.0 cm³/mol. The molecule has 0 radical (unpaired) electrons. The van der Waals surface area contributed by atoms with Crippen molar-refractivity contribution in [1.29, 1.82) is 0 Å². The van der Waals surface area contributed by atoms with Gasteiger partial charge in [0, 0.05) is 0 Å². The van der Waals surface area contributed by atoms with Crippen molar-refractivity contribution in [3.05, 3.63) is 35.9 Å².